The van der Waals surface area contributed by atoms with E-state index in [1.54, 1.807) is 22.9 Å². The van der Waals surface area contributed by atoms with Crippen LogP contribution in [-0.4, -0.2) is 44.9 Å². The van der Waals surface area contributed by atoms with Crippen LogP contribution in [-0.2, 0) is 19.3 Å². The molecule has 172 valence electrons. The SMILES string of the molecule is CCCOc1ccccc1CN1CCC(O)(Cn2cccc3cc(C(F)(F)F)nc2-3)CC1. The average Bonchev–Trinajstić information content (AvgIpc) is 3.21. The van der Waals surface area contributed by atoms with Crippen molar-refractivity contribution in [2.75, 3.05) is 19.7 Å². The van der Waals surface area contributed by atoms with Crippen LogP contribution in [0, 0.1) is 0 Å². The maximum Gasteiger partial charge on any atom is 0.433 e. The van der Waals surface area contributed by atoms with E-state index in [9.17, 15) is 18.3 Å². The molecule has 3 aliphatic rings. The van der Waals surface area contributed by atoms with Crippen LogP contribution in [0.4, 0.5) is 13.2 Å². The lowest BCUT2D eigenvalue weighted by Crippen LogP contribution is -2.46. The van der Waals surface area contributed by atoms with Gasteiger partial charge >= 0.3 is 6.18 Å². The third kappa shape index (κ3) is 5.07. The minimum atomic E-state index is -4.49. The Morgan fingerprint density at radius 1 is 1.12 bits per heavy atom. The van der Waals surface area contributed by atoms with Gasteiger partial charge in [0.2, 0.25) is 0 Å². The van der Waals surface area contributed by atoms with Crippen LogP contribution in [0.25, 0.3) is 11.4 Å². The second kappa shape index (κ2) is 9.11. The van der Waals surface area contributed by atoms with E-state index in [0.717, 1.165) is 30.3 Å². The highest BCUT2D eigenvalue weighted by Gasteiger charge is 2.37. The van der Waals surface area contributed by atoms with E-state index in [1.165, 1.54) is 0 Å². The summed E-state index contributed by atoms with van der Waals surface area (Å²) in [6.45, 7) is 5.07. The molecule has 3 aliphatic heterocycles. The molecule has 0 radical (unpaired) electrons. The molecule has 0 aromatic heterocycles. The Morgan fingerprint density at radius 2 is 1.88 bits per heavy atom. The molecule has 8 heteroatoms. The molecule has 0 atom stereocenters. The van der Waals surface area contributed by atoms with Gasteiger partial charge in [0.1, 0.15) is 17.3 Å². The number of aliphatic hydroxyl groups is 1. The molecule has 0 saturated carbocycles. The predicted molar refractivity (Wildman–Crippen MR) is 116 cm³/mol. The summed E-state index contributed by atoms with van der Waals surface area (Å²) < 4.78 is 46.7. The standard InChI is InChI=1S/C24H28F3N3O2/c1-2-14-32-20-8-4-3-6-19(20)16-29-12-9-23(31,10-13-29)17-30-11-5-7-18-15-21(24(25,26)27)28-22(18)30/h3-8,11,15,31H,2,9-10,12-14,16-17H2,1H3. The van der Waals surface area contributed by atoms with Gasteiger partial charge in [-0.05, 0) is 43.5 Å². The highest BCUT2D eigenvalue weighted by Crippen LogP contribution is 2.35. The zero-order valence-electron chi connectivity index (χ0n) is 18.1. The zero-order valence-corrected chi connectivity index (χ0v) is 18.1. The largest absolute Gasteiger partial charge is 0.493 e. The summed E-state index contributed by atoms with van der Waals surface area (Å²) in [5, 5.41) is 11.2. The van der Waals surface area contributed by atoms with E-state index in [1.807, 2.05) is 18.2 Å². The van der Waals surface area contributed by atoms with Crippen LogP contribution in [0.1, 0.15) is 37.4 Å². The molecule has 0 amide bonds. The lowest BCUT2D eigenvalue weighted by Gasteiger charge is -2.39. The van der Waals surface area contributed by atoms with Crippen LogP contribution < -0.4 is 4.74 Å². The topological polar surface area (TPSA) is 50.5 Å². The van der Waals surface area contributed by atoms with E-state index in [2.05, 4.69) is 22.9 Å². The normalized spacial score (nSPS) is 17.0. The van der Waals surface area contributed by atoms with E-state index in [4.69, 9.17) is 4.74 Å². The van der Waals surface area contributed by atoms with Gasteiger partial charge in [0.15, 0.2) is 0 Å². The first-order chi connectivity index (χ1) is 15.3. The van der Waals surface area contributed by atoms with Crippen molar-refractivity contribution in [3.8, 4) is 17.1 Å². The summed E-state index contributed by atoms with van der Waals surface area (Å²) in [5.74, 6) is 1.14. The number of aromatic nitrogens is 2. The van der Waals surface area contributed by atoms with Crippen LogP contribution in [0.5, 0.6) is 5.75 Å². The van der Waals surface area contributed by atoms with E-state index < -0.39 is 17.5 Å². The molecule has 0 aliphatic carbocycles. The second-order valence-electron chi connectivity index (χ2n) is 8.51. The molecular formula is C24H28F3N3O2. The molecule has 1 saturated heterocycles. The number of para-hydroxylation sites is 1. The summed E-state index contributed by atoms with van der Waals surface area (Å²) in [6.07, 6.45) is -0.808. The lowest BCUT2D eigenvalue weighted by atomic mass is 9.90. The van der Waals surface area contributed by atoms with Crippen LogP contribution in [0.15, 0.2) is 48.7 Å². The fourth-order valence-electron chi connectivity index (χ4n) is 4.20. The molecule has 0 spiro atoms. The number of nitrogens with zero attached hydrogens (tertiary/aromatic N) is 3. The third-order valence-electron chi connectivity index (χ3n) is 5.96. The molecule has 1 N–H and O–H groups in total. The Kier molecular flexibility index (Phi) is 6.44. The number of alkyl halides is 3. The minimum absolute atomic E-state index is 0.211. The minimum Gasteiger partial charge on any atom is -0.493 e. The van der Waals surface area contributed by atoms with Crippen molar-refractivity contribution in [3.05, 3.63) is 59.9 Å². The number of pyridine rings is 1. The predicted octanol–water partition coefficient (Wildman–Crippen LogP) is 4.82. The quantitative estimate of drug-likeness (QED) is 0.564. The van der Waals surface area contributed by atoms with Gasteiger partial charge in [0.05, 0.1) is 18.8 Å². The molecule has 1 aromatic carbocycles. The molecule has 4 rings (SSSR count). The number of halogens is 3. The van der Waals surface area contributed by atoms with Crippen LogP contribution in [0.3, 0.4) is 0 Å². The smallest absolute Gasteiger partial charge is 0.433 e. The molecular weight excluding hydrogens is 419 g/mol. The maximum absolute atomic E-state index is 13.1. The molecule has 5 nitrogen and oxygen atoms in total. The first-order valence-corrected chi connectivity index (χ1v) is 11.0. The first kappa shape index (κ1) is 22.6. The van der Waals surface area contributed by atoms with Gasteiger partial charge in [0, 0.05) is 37.0 Å². The Balaban J connectivity index is 1.42. The van der Waals surface area contributed by atoms with Crippen LogP contribution in [0.2, 0.25) is 0 Å². The molecule has 3 heterocycles. The molecule has 0 bridgehead atoms. The van der Waals surface area contributed by atoms with E-state index in [-0.39, 0.29) is 12.4 Å². The zero-order chi connectivity index (χ0) is 22.8. The lowest BCUT2D eigenvalue weighted by molar-refractivity contribution is -0.140. The van der Waals surface area contributed by atoms with E-state index in [0.29, 0.717) is 38.1 Å². The summed E-state index contributed by atoms with van der Waals surface area (Å²) >= 11 is 0. The Hall–Kier alpha value is -2.58. The third-order valence-corrected chi connectivity index (χ3v) is 5.96. The van der Waals surface area contributed by atoms with Crippen molar-refractivity contribution in [1.82, 2.24) is 14.5 Å². The molecule has 1 aromatic rings. The summed E-state index contributed by atoms with van der Waals surface area (Å²) in [4.78, 5) is 6.06. The maximum atomic E-state index is 13.1. The van der Waals surface area contributed by atoms with Gasteiger partial charge in [-0.1, -0.05) is 25.1 Å². The summed E-state index contributed by atoms with van der Waals surface area (Å²) in [6, 6.07) is 12.3. The number of hydrogen-bond donors (Lipinski definition) is 1. The fourth-order valence-corrected chi connectivity index (χ4v) is 4.20. The number of piperidine rings is 1. The van der Waals surface area contributed by atoms with Crippen molar-refractivity contribution in [1.29, 1.82) is 0 Å². The summed E-state index contributed by atoms with van der Waals surface area (Å²) in [5.41, 5.74) is -0.362. The van der Waals surface area contributed by atoms with Gasteiger partial charge in [-0.2, -0.15) is 13.2 Å². The van der Waals surface area contributed by atoms with Crippen molar-refractivity contribution >= 4 is 0 Å². The Labute approximate surface area is 185 Å². The van der Waals surface area contributed by atoms with Gasteiger partial charge in [-0.3, -0.25) is 4.90 Å². The van der Waals surface area contributed by atoms with Gasteiger partial charge in [0.25, 0.3) is 0 Å². The highest BCUT2D eigenvalue weighted by molar-refractivity contribution is 5.59. The van der Waals surface area contributed by atoms with Crippen molar-refractivity contribution in [3.63, 3.8) is 0 Å². The van der Waals surface area contributed by atoms with Crippen molar-refractivity contribution in [2.45, 2.75) is 51.1 Å². The number of likely N-dealkylation sites (tertiary alicyclic amines) is 1. The van der Waals surface area contributed by atoms with Crippen LogP contribution >= 0.6 is 0 Å². The van der Waals surface area contributed by atoms with Gasteiger partial charge in [-0.25, -0.2) is 4.98 Å². The Bertz CT molecular complexity index is 1010. The average molecular weight is 448 g/mol. The number of hydrogen-bond acceptors (Lipinski definition) is 4. The molecule has 32 heavy (non-hydrogen) atoms. The monoisotopic (exact) mass is 447 g/mol. The molecule has 1 fully saturated rings. The number of rotatable bonds is 7. The summed E-state index contributed by atoms with van der Waals surface area (Å²) in [7, 11) is 0. The number of fused-ring (bicyclic) bond motifs is 1. The van der Waals surface area contributed by atoms with Crippen molar-refractivity contribution in [2.24, 2.45) is 0 Å². The second-order valence-corrected chi connectivity index (χ2v) is 8.51. The van der Waals surface area contributed by atoms with Crippen molar-refractivity contribution < 1.29 is 23.0 Å². The molecule has 0 unspecified atom stereocenters. The van der Waals surface area contributed by atoms with Gasteiger partial charge in [-0.15, -0.1) is 0 Å². The number of benzene rings is 1. The van der Waals surface area contributed by atoms with E-state index >= 15 is 0 Å². The first-order valence-electron chi connectivity index (χ1n) is 11.0. The number of ether oxygens (including phenoxy) is 1. The fraction of sp³-hybridized carbons (Fsp3) is 0.458. The van der Waals surface area contributed by atoms with Gasteiger partial charge < -0.3 is 14.4 Å². The highest BCUT2D eigenvalue weighted by atomic mass is 19.4. The Morgan fingerprint density at radius 3 is 2.59 bits per heavy atom.